The number of benzene rings is 2. The molecule has 0 unspecified atom stereocenters. The van der Waals surface area contributed by atoms with Crippen molar-refractivity contribution in [3.05, 3.63) is 89.3 Å². The second-order valence-electron chi connectivity index (χ2n) is 8.88. The number of rotatable bonds is 5. The number of alkyl halides is 2. The molecule has 1 aliphatic heterocycles. The molecule has 0 fully saturated rings. The average molecular weight is 492 g/mol. The van der Waals surface area contributed by atoms with Gasteiger partial charge in [0, 0.05) is 11.8 Å². The molecule has 0 spiro atoms. The Hall–Kier alpha value is -4.34. The summed E-state index contributed by atoms with van der Waals surface area (Å²) in [5.41, 5.74) is 1.93. The fraction of sp³-hybridized carbons (Fsp3) is 0.192. The zero-order valence-corrected chi connectivity index (χ0v) is 19.2. The molecule has 7 nitrogen and oxygen atoms in total. The Kier molecular flexibility index (Phi) is 5.66. The van der Waals surface area contributed by atoms with Gasteiger partial charge in [0.25, 0.3) is 11.8 Å². The number of hydrogen-bond acceptors (Lipinski definition) is 6. The Morgan fingerprint density at radius 2 is 1.72 bits per heavy atom. The van der Waals surface area contributed by atoms with Crippen LogP contribution in [-0.4, -0.2) is 31.9 Å². The standard InChI is InChI=1S/C26H19F3N4O3/c1-26(2)20-9-7-15(14-4-3-5-17(27)10-14)11-19(20)24(34)33(25(26)35)13-18-8-6-16(12-30-18)22-31-32-23(36-22)21(28)29/h3-12,21H,13H2,1-2H3. The van der Waals surface area contributed by atoms with E-state index in [0.29, 0.717) is 33.5 Å². The quantitative estimate of drug-likeness (QED) is 0.350. The maximum Gasteiger partial charge on any atom is 0.314 e. The van der Waals surface area contributed by atoms with Gasteiger partial charge in [-0.1, -0.05) is 24.3 Å². The van der Waals surface area contributed by atoms with E-state index in [-0.39, 0.29) is 18.3 Å². The lowest BCUT2D eigenvalue weighted by Crippen LogP contribution is -2.51. The van der Waals surface area contributed by atoms with Crippen LogP contribution >= 0.6 is 0 Å². The molecular weight excluding hydrogens is 473 g/mol. The van der Waals surface area contributed by atoms with Crippen LogP contribution in [0.5, 0.6) is 0 Å². The smallest absolute Gasteiger partial charge is 0.314 e. The highest BCUT2D eigenvalue weighted by atomic mass is 19.3. The molecule has 2 aromatic heterocycles. The summed E-state index contributed by atoms with van der Waals surface area (Å²) in [5.74, 6) is -2.18. The predicted molar refractivity (Wildman–Crippen MR) is 122 cm³/mol. The number of amides is 2. The topological polar surface area (TPSA) is 89.2 Å². The Morgan fingerprint density at radius 1 is 0.972 bits per heavy atom. The molecule has 0 saturated carbocycles. The normalized spacial score (nSPS) is 14.9. The summed E-state index contributed by atoms with van der Waals surface area (Å²) < 4.78 is 44.1. The largest absolute Gasteiger partial charge is 0.415 e. The summed E-state index contributed by atoms with van der Waals surface area (Å²) >= 11 is 0. The summed E-state index contributed by atoms with van der Waals surface area (Å²) in [6.45, 7) is 3.38. The summed E-state index contributed by atoms with van der Waals surface area (Å²) in [6.07, 6.45) is -1.54. The highest BCUT2D eigenvalue weighted by Crippen LogP contribution is 2.37. The summed E-state index contributed by atoms with van der Waals surface area (Å²) in [4.78, 5) is 32.1. The van der Waals surface area contributed by atoms with E-state index in [2.05, 4.69) is 15.2 Å². The molecule has 10 heteroatoms. The lowest BCUT2D eigenvalue weighted by atomic mass is 9.76. The van der Waals surface area contributed by atoms with Crippen molar-refractivity contribution in [3.63, 3.8) is 0 Å². The van der Waals surface area contributed by atoms with Crippen LogP contribution in [0, 0.1) is 5.82 Å². The number of imide groups is 1. The Bertz CT molecular complexity index is 1480. The van der Waals surface area contributed by atoms with Gasteiger partial charge >= 0.3 is 6.43 Å². The molecule has 36 heavy (non-hydrogen) atoms. The van der Waals surface area contributed by atoms with Gasteiger partial charge in [0.15, 0.2) is 0 Å². The SMILES string of the molecule is CC1(C)C(=O)N(Cc2ccc(-c3nnc(C(F)F)o3)cn2)C(=O)c2cc(-c3cccc(F)c3)ccc21. The third-order valence-corrected chi connectivity index (χ3v) is 6.13. The average Bonchev–Trinajstić information content (AvgIpc) is 3.37. The van der Waals surface area contributed by atoms with Gasteiger partial charge in [0.1, 0.15) is 5.82 Å². The molecule has 0 bridgehead atoms. The summed E-state index contributed by atoms with van der Waals surface area (Å²) in [6, 6.07) is 14.3. The van der Waals surface area contributed by atoms with Crippen molar-refractivity contribution in [1.82, 2.24) is 20.1 Å². The van der Waals surface area contributed by atoms with Crippen LogP contribution in [-0.2, 0) is 16.8 Å². The number of fused-ring (bicyclic) bond motifs is 1. The molecule has 1 aliphatic rings. The van der Waals surface area contributed by atoms with Crippen molar-refractivity contribution < 1.29 is 27.2 Å². The zero-order chi connectivity index (χ0) is 25.6. The zero-order valence-electron chi connectivity index (χ0n) is 19.2. The monoisotopic (exact) mass is 492 g/mol. The van der Waals surface area contributed by atoms with Crippen molar-refractivity contribution >= 4 is 11.8 Å². The van der Waals surface area contributed by atoms with Gasteiger partial charge in [-0.3, -0.25) is 19.5 Å². The van der Waals surface area contributed by atoms with Gasteiger partial charge in [0.05, 0.1) is 23.2 Å². The number of hydrogen-bond donors (Lipinski definition) is 0. The van der Waals surface area contributed by atoms with Crippen LogP contribution in [0.25, 0.3) is 22.6 Å². The number of carbonyl (C=O) groups excluding carboxylic acids is 2. The number of nitrogens with zero attached hydrogens (tertiary/aromatic N) is 4. The minimum atomic E-state index is -2.89. The molecule has 182 valence electrons. The van der Waals surface area contributed by atoms with Crippen LogP contribution < -0.4 is 0 Å². The van der Waals surface area contributed by atoms with Crippen LogP contribution in [0.1, 0.15) is 47.8 Å². The molecule has 5 rings (SSSR count). The fourth-order valence-electron chi connectivity index (χ4n) is 4.19. The van der Waals surface area contributed by atoms with Crippen molar-refractivity contribution in [2.45, 2.75) is 32.2 Å². The molecule has 2 amide bonds. The van der Waals surface area contributed by atoms with Crippen LogP contribution in [0.15, 0.2) is 65.2 Å². The lowest BCUT2D eigenvalue weighted by Gasteiger charge is -2.37. The minimum Gasteiger partial charge on any atom is -0.415 e. The molecule has 2 aromatic carbocycles. The molecule has 0 atom stereocenters. The summed E-state index contributed by atoms with van der Waals surface area (Å²) in [7, 11) is 0. The van der Waals surface area contributed by atoms with Gasteiger partial charge in [0.2, 0.25) is 11.8 Å². The van der Waals surface area contributed by atoms with Gasteiger partial charge in [-0.15, -0.1) is 10.2 Å². The van der Waals surface area contributed by atoms with E-state index >= 15 is 0 Å². The number of aromatic nitrogens is 3. The first-order valence-corrected chi connectivity index (χ1v) is 11.0. The van der Waals surface area contributed by atoms with Crippen LogP contribution in [0.2, 0.25) is 0 Å². The fourth-order valence-corrected chi connectivity index (χ4v) is 4.19. The van der Waals surface area contributed by atoms with Crippen LogP contribution in [0.3, 0.4) is 0 Å². The first kappa shape index (κ1) is 23.4. The van der Waals surface area contributed by atoms with E-state index in [1.165, 1.54) is 24.4 Å². The molecule has 3 heterocycles. The van der Waals surface area contributed by atoms with Crippen molar-refractivity contribution in [1.29, 1.82) is 0 Å². The van der Waals surface area contributed by atoms with Crippen molar-refractivity contribution in [2.75, 3.05) is 0 Å². The maximum atomic E-state index is 13.7. The van der Waals surface area contributed by atoms with E-state index in [1.807, 2.05) is 0 Å². The van der Waals surface area contributed by atoms with Gasteiger partial charge in [-0.2, -0.15) is 8.78 Å². The van der Waals surface area contributed by atoms with Gasteiger partial charge in [-0.05, 0) is 60.9 Å². The van der Waals surface area contributed by atoms with Crippen molar-refractivity contribution in [2.24, 2.45) is 0 Å². The first-order valence-electron chi connectivity index (χ1n) is 11.0. The predicted octanol–water partition coefficient (Wildman–Crippen LogP) is 5.34. The minimum absolute atomic E-state index is 0.100. The molecular formula is C26H19F3N4O3. The Balaban J connectivity index is 1.44. The van der Waals surface area contributed by atoms with E-state index in [1.54, 1.807) is 50.2 Å². The molecule has 0 radical (unpaired) electrons. The second kappa shape index (κ2) is 8.71. The molecule has 4 aromatic rings. The van der Waals surface area contributed by atoms with E-state index in [0.717, 1.165) is 4.90 Å². The van der Waals surface area contributed by atoms with Gasteiger partial charge in [-0.25, -0.2) is 4.39 Å². The highest BCUT2D eigenvalue weighted by Gasteiger charge is 2.44. The third kappa shape index (κ3) is 4.04. The van der Waals surface area contributed by atoms with Crippen molar-refractivity contribution in [3.8, 4) is 22.6 Å². The highest BCUT2D eigenvalue weighted by molar-refractivity contribution is 6.13. The van der Waals surface area contributed by atoms with Gasteiger partial charge < -0.3 is 4.42 Å². The number of pyridine rings is 1. The second-order valence-corrected chi connectivity index (χ2v) is 8.88. The summed E-state index contributed by atoms with van der Waals surface area (Å²) in [5, 5.41) is 6.87. The number of halogens is 3. The van der Waals surface area contributed by atoms with E-state index < -0.39 is 29.5 Å². The third-order valence-electron chi connectivity index (χ3n) is 6.13. The Labute approximate surface area is 203 Å². The van der Waals surface area contributed by atoms with Crippen LogP contribution in [0.4, 0.5) is 13.2 Å². The number of carbonyl (C=O) groups is 2. The molecule has 0 aliphatic carbocycles. The first-order chi connectivity index (χ1) is 17.1. The van der Waals surface area contributed by atoms with E-state index in [4.69, 9.17) is 4.42 Å². The molecule has 0 saturated heterocycles. The van der Waals surface area contributed by atoms with E-state index in [9.17, 15) is 22.8 Å². The molecule has 0 N–H and O–H groups in total. The maximum absolute atomic E-state index is 13.7. The lowest BCUT2D eigenvalue weighted by molar-refractivity contribution is -0.134. The Morgan fingerprint density at radius 3 is 2.39 bits per heavy atom.